The van der Waals surface area contributed by atoms with Crippen molar-refractivity contribution in [1.29, 1.82) is 0 Å². The van der Waals surface area contributed by atoms with Crippen LogP contribution >= 0.6 is 23.7 Å². The molecule has 0 radical (unpaired) electrons. The third-order valence-electron chi connectivity index (χ3n) is 6.18. The van der Waals surface area contributed by atoms with Crippen LogP contribution in [0.5, 0.6) is 5.75 Å². The van der Waals surface area contributed by atoms with Crippen LogP contribution < -0.4 is 15.4 Å². The molecule has 1 spiro atoms. The number of carbonyl (C=O) groups excluding carboxylic acids is 2. The number of anilines is 1. The van der Waals surface area contributed by atoms with Crippen LogP contribution in [0.4, 0.5) is 5.69 Å². The van der Waals surface area contributed by atoms with Gasteiger partial charge in [-0.2, -0.15) is 11.3 Å². The maximum absolute atomic E-state index is 13.5. The fourth-order valence-corrected chi connectivity index (χ4v) is 5.17. The first-order valence-corrected chi connectivity index (χ1v) is 10.7. The number of hydrogen-bond acceptors (Lipinski definition) is 5. The van der Waals surface area contributed by atoms with Crippen molar-refractivity contribution in [1.82, 2.24) is 10.2 Å². The Hall–Kier alpha value is -2.09. The first-order chi connectivity index (χ1) is 13.6. The van der Waals surface area contributed by atoms with E-state index in [-0.39, 0.29) is 42.3 Å². The van der Waals surface area contributed by atoms with Crippen molar-refractivity contribution in [3.63, 3.8) is 0 Å². The van der Waals surface area contributed by atoms with Crippen LogP contribution in [0.1, 0.15) is 35.2 Å². The zero-order chi connectivity index (χ0) is 19.1. The quantitative estimate of drug-likeness (QED) is 0.776. The predicted octanol–water partition coefficient (Wildman–Crippen LogP) is 3.29. The second-order valence-electron chi connectivity index (χ2n) is 7.94. The highest BCUT2D eigenvalue weighted by molar-refractivity contribution is 7.07. The summed E-state index contributed by atoms with van der Waals surface area (Å²) >= 11 is 1.66. The predicted molar refractivity (Wildman–Crippen MR) is 115 cm³/mol. The number of nitrogens with zero attached hydrogens (tertiary/aromatic N) is 1. The number of benzene rings is 1. The first-order valence-electron chi connectivity index (χ1n) is 9.74. The minimum Gasteiger partial charge on any atom is -0.482 e. The zero-order valence-electron chi connectivity index (χ0n) is 16.0. The Morgan fingerprint density at radius 3 is 2.86 bits per heavy atom. The summed E-state index contributed by atoms with van der Waals surface area (Å²) in [5.41, 5.74) is 2.60. The smallest absolute Gasteiger partial charge is 0.262 e. The van der Waals surface area contributed by atoms with Gasteiger partial charge in [0.25, 0.3) is 11.8 Å². The largest absolute Gasteiger partial charge is 0.482 e. The molecule has 154 valence electrons. The molecule has 1 atom stereocenters. The van der Waals surface area contributed by atoms with Crippen molar-refractivity contribution in [3.05, 3.63) is 46.2 Å². The fourth-order valence-electron chi connectivity index (χ4n) is 4.51. The topological polar surface area (TPSA) is 70.7 Å². The van der Waals surface area contributed by atoms with Gasteiger partial charge in [-0.15, -0.1) is 12.4 Å². The maximum Gasteiger partial charge on any atom is 0.262 e. The number of hydrogen-bond donors (Lipinski definition) is 2. The minimum atomic E-state index is -0.192. The van der Waals surface area contributed by atoms with E-state index in [1.807, 2.05) is 4.90 Å². The molecule has 2 amide bonds. The lowest BCUT2D eigenvalue weighted by atomic mass is 9.93. The Morgan fingerprint density at radius 2 is 2.10 bits per heavy atom. The maximum atomic E-state index is 13.5. The summed E-state index contributed by atoms with van der Waals surface area (Å²) in [6.07, 6.45) is 3.33. The van der Waals surface area contributed by atoms with Gasteiger partial charge in [-0.25, -0.2) is 0 Å². The number of rotatable bonds is 4. The monoisotopic (exact) mass is 433 g/mol. The van der Waals surface area contributed by atoms with E-state index < -0.39 is 0 Å². The molecule has 2 aliphatic heterocycles. The number of nitrogens with one attached hydrogen (secondary N) is 2. The van der Waals surface area contributed by atoms with Gasteiger partial charge >= 0.3 is 0 Å². The lowest BCUT2D eigenvalue weighted by Crippen LogP contribution is -2.39. The van der Waals surface area contributed by atoms with Gasteiger partial charge < -0.3 is 20.3 Å². The van der Waals surface area contributed by atoms with Crippen molar-refractivity contribution in [2.45, 2.75) is 31.8 Å². The average Bonchev–Trinajstić information content (AvgIpc) is 3.13. The second kappa shape index (κ2) is 7.97. The van der Waals surface area contributed by atoms with E-state index in [0.29, 0.717) is 23.5 Å². The van der Waals surface area contributed by atoms with Gasteiger partial charge in [-0.1, -0.05) is 0 Å². The summed E-state index contributed by atoms with van der Waals surface area (Å²) in [6.45, 7) is 2.70. The number of carbonyl (C=O) groups is 2. The second-order valence-corrected chi connectivity index (χ2v) is 8.72. The van der Waals surface area contributed by atoms with Crippen molar-refractivity contribution in [3.8, 4) is 5.75 Å². The summed E-state index contributed by atoms with van der Waals surface area (Å²) in [5, 5.41) is 10.4. The van der Waals surface area contributed by atoms with Crippen molar-refractivity contribution < 1.29 is 14.3 Å². The third kappa shape index (κ3) is 3.86. The molecule has 8 heteroatoms. The van der Waals surface area contributed by atoms with Crippen LogP contribution in [0.15, 0.2) is 35.0 Å². The summed E-state index contributed by atoms with van der Waals surface area (Å²) in [4.78, 5) is 27.2. The van der Waals surface area contributed by atoms with E-state index in [2.05, 4.69) is 27.5 Å². The number of ether oxygens (including phenoxy) is 1. The highest BCUT2D eigenvalue weighted by Crippen LogP contribution is 2.56. The van der Waals surface area contributed by atoms with E-state index in [1.54, 1.807) is 29.5 Å². The molecule has 0 bridgehead atoms. The van der Waals surface area contributed by atoms with Gasteiger partial charge in [0.15, 0.2) is 6.61 Å². The summed E-state index contributed by atoms with van der Waals surface area (Å²) in [5.74, 6) is 0.444. The molecular weight excluding hydrogens is 410 g/mol. The number of halogens is 1. The van der Waals surface area contributed by atoms with Crippen molar-refractivity contribution in [2.75, 3.05) is 25.0 Å². The molecule has 3 aliphatic rings. The number of thiophene rings is 1. The van der Waals surface area contributed by atoms with Crippen LogP contribution in [0.25, 0.3) is 0 Å². The summed E-state index contributed by atoms with van der Waals surface area (Å²) in [7, 11) is 0. The van der Waals surface area contributed by atoms with E-state index in [0.717, 1.165) is 32.4 Å². The molecule has 1 saturated heterocycles. The SMILES string of the molecule is Cl.O=C1COc2ccc(C(=O)N(Cc3ccsc3)C3CC34CCNCC4)cc2N1. The first kappa shape index (κ1) is 20.2. The minimum absolute atomic E-state index is 0. The molecule has 1 saturated carbocycles. The van der Waals surface area contributed by atoms with E-state index in [4.69, 9.17) is 4.74 Å². The number of amides is 2. The van der Waals surface area contributed by atoms with Gasteiger partial charge in [0.05, 0.1) is 5.69 Å². The highest BCUT2D eigenvalue weighted by atomic mass is 35.5. The molecule has 6 nitrogen and oxygen atoms in total. The molecule has 5 rings (SSSR count). The summed E-state index contributed by atoms with van der Waals surface area (Å²) < 4.78 is 5.42. The van der Waals surface area contributed by atoms with E-state index in [1.165, 1.54) is 5.56 Å². The number of fused-ring (bicyclic) bond motifs is 1. The average molecular weight is 434 g/mol. The molecule has 2 fully saturated rings. The standard InChI is InChI=1S/C21H23N3O3S.ClH/c25-19-12-27-17-2-1-15(9-16(17)23-19)20(26)24(11-14-3-8-28-13-14)18-10-21(18)4-6-22-7-5-21;/h1-3,8-9,13,18,22H,4-7,10-12H2,(H,23,25);1H. The molecule has 1 aromatic carbocycles. The molecule has 1 unspecified atom stereocenters. The van der Waals surface area contributed by atoms with Crippen molar-refractivity contribution >= 4 is 41.2 Å². The fraction of sp³-hybridized carbons (Fsp3) is 0.429. The lowest BCUT2D eigenvalue weighted by Gasteiger charge is -2.30. The Balaban J connectivity index is 0.00000205. The lowest BCUT2D eigenvalue weighted by molar-refractivity contribution is -0.118. The van der Waals surface area contributed by atoms with Gasteiger partial charge in [0.2, 0.25) is 0 Å². The Labute approximate surface area is 180 Å². The van der Waals surface area contributed by atoms with E-state index >= 15 is 0 Å². The van der Waals surface area contributed by atoms with Gasteiger partial charge in [0, 0.05) is 18.2 Å². The molecule has 1 aromatic heterocycles. The molecule has 3 heterocycles. The Bertz CT molecular complexity index is 912. The van der Waals surface area contributed by atoms with E-state index in [9.17, 15) is 9.59 Å². The number of piperidine rings is 1. The molecule has 1 aliphatic carbocycles. The van der Waals surface area contributed by atoms with Crippen LogP contribution in [0.2, 0.25) is 0 Å². The molecule has 29 heavy (non-hydrogen) atoms. The van der Waals surface area contributed by atoms with Gasteiger partial charge in [-0.3, -0.25) is 9.59 Å². The van der Waals surface area contributed by atoms with Crippen LogP contribution in [-0.4, -0.2) is 42.5 Å². The van der Waals surface area contributed by atoms with Crippen LogP contribution in [0, 0.1) is 5.41 Å². The van der Waals surface area contributed by atoms with Gasteiger partial charge in [-0.05, 0) is 78.4 Å². The normalized spacial score (nSPS) is 21.4. The third-order valence-corrected chi connectivity index (χ3v) is 6.91. The highest BCUT2D eigenvalue weighted by Gasteiger charge is 2.57. The van der Waals surface area contributed by atoms with Crippen molar-refractivity contribution in [2.24, 2.45) is 5.41 Å². The summed E-state index contributed by atoms with van der Waals surface area (Å²) in [6, 6.07) is 7.69. The molecule has 2 aromatic rings. The Morgan fingerprint density at radius 1 is 1.28 bits per heavy atom. The zero-order valence-corrected chi connectivity index (χ0v) is 17.6. The van der Waals surface area contributed by atoms with Crippen LogP contribution in [0.3, 0.4) is 0 Å². The molecule has 2 N–H and O–H groups in total. The molecular formula is C21H24ClN3O3S. The van der Waals surface area contributed by atoms with Crippen LogP contribution in [-0.2, 0) is 11.3 Å². The van der Waals surface area contributed by atoms with Gasteiger partial charge in [0.1, 0.15) is 5.75 Å². The Kier molecular flexibility index (Phi) is 5.55.